The molecule has 1 aliphatic heterocycles. The average molecular weight is 433 g/mol. The summed E-state index contributed by atoms with van der Waals surface area (Å²) in [6.07, 6.45) is 0.615. The van der Waals surface area contributed by atoms with Gasteiger partial charge in [0.15, 0.2) is 11.5 Å². The maximum Gasteiger partial charge on any atom is 0.284 e. The fourth-order valence-electron chi connectivity index (χ4n) is 3.34. The van der Waals surface area contributed by atoms with Crippen LogP contribution in [0.3, 0.4) is 0 Å². The SMILES string of the molecule is O=C(NN=Cc1ccc(-c2ccccc2Cl)o1)C1COc2cc3ccccc3cc2O1. The first-order valence-corrected chi connectivity index (χ1v) is 10.0. The van der Waals surface area contributed by atoms with Crippen molar-refractivity contribution in [3.8, 4) is 22.8 Å². The number of amides is 1. The van der Waals surface area contributed by atoms with Crippen molar-refractivity contribution in [2.24, 2.45) is 5.10 Å². The standard InChI is InChI=1S/C24H17ClN2O4/c25-19-8-4-3-7-18(19)20-10-9-17(30-20)13-26-27-24(28)23-14-29-21-11-15-5-1-2-6-16(15)12-22(21)31-23/h1-13,23H,14H2,(H,27,28). The summed E-state index contributed by atoms with van der Waals surface area (Å²) in [6, 6.07) is 22.6. The summed E-state index contributed by atoms with van der Waals surface area (Å²) in [5.74, 6) is 1.84. The molecule has 0 fully saturated rings. The minimum Gasteiger partial charge on any atom is -0.485 e. The molecule has 0 spiro atoms. The van der Waals surface area contributed by atoms with Crippen molar-refractivity contribution in [2.45, 2.75) is 6.10 Å². The fourth-order valence-corrected chi connectivity index (χ4v) is 3.57. The normalized spacial score (nSPS) is 15.3. The molecule has 1 N–H and O–H groups in total. The number of benzene rings is 3. The van der Waals surface area contributed by atoms with Gasteiger partial charge in [-0.25, -0.2) is 5.43 Å². The van der Waals surface area contributed by atoms with E-state index in [1.54, 1.807) is 18.2 Å². The van der Waals surface area contributed by atoms with Crippen molar-refractivity contribution in [1.82, 2.24) is 5.43 Å². The Labute approximate surface area is 183 Å². The first-order valence-electron chi connectivity index (χ1n) is 9.67. The van der Waals surface area contributed by atoms with Gasteiger partial charge in [0.1, 0.15) is 18.1 Å². The summed E-state index contributed by atoms with van der Waals surface area (Å²) in [5, 5.41) is 6.62. The minimum atomic E-state index is -0.805. The smallest absolute Gasteiger partial charge is 0.284 e. The third kappa shape index (κ3) is 3.98. The van der Waals surface area contributed by atoms with Crippen LogP contribution in [-0.2, 0) is 4.79 Å². The van der Waals surface area contributed by atoms with Crippen LogP contribution in [0.5, 0.6) is 11.5 Å². The van der Waals surface area contributed by atoms with E-state index in [0.717, 1.165) is 16.3 Å². The van der Waals surface area contributed by atoms with E-state index in [0.29, 0.717) is 28.0 Å². The third-order valence-corrected chi connectivity index (χ3v) is 5.23. The second-order valence-corrected chi connectivity index (χ2v) is 7.39. The zero-order valence-corrected chi connectivity index (χ0v) is 17.0. The van der Waals surface area contributed by atoms with Crippen LogP contribution in [0, 0.1) is 0 Å². The van der Waals surface area contributed by atoms with Gasteiger partial charge < -0.3 is 13.9 Å². The van der Waals surface area contributed by atoms with Crippen LogP contribution < -0.4 is 14.9 Å². The first kappa shape index (κ1) is 19.2. The van der Waals surface area contributed by atoms with Crippen LogP contribution in [0.2, 0.25) is 5.02 Å². The van der Waals surface area contributed by atoms with E-state index in [1.807, 2.05) is 54.6 Å². The molecule has 1 unspecified atom stereocenters. The predicted octanol–water partition coefficient (Wildman–Crippen LogP) is 5.04. The molecule has 1 atom stereocenters. The summed E-state index contributed by atoms with van der Waals surface area (Å²) in [6.45, 7) is 0.101. The number of nitrogens with one attached hydrogen (secondary N) is 1. The molecule has 0 saturated heterocycles. The van der Waals surface area contributed by atoms with Crippen LogP contribution in [0.4, 0.5) is 0 Å². The van der Waals surface area contributed by atoms with E-state index in [-0.39, 0.29) is 6.61 Å². The summed E-state index contributed by atoms with van der Waals surface area (Å²) in [5.41, 5.74) is 3.25. The van der Waals surface area contributed by atoms with Gasteiger partial charge in [0.25, 0.3) is 5.91 Å². The van der Waals surface area contributed by atoms with E-state index in [4.69, 9.17) is 25.5 Å². The Morgan fingerprint density at radius 3 is 2.55 bits per heavy atom. The molecule has 154 valence electrons. The Bertz CT molecular complexity index is 1300. The van der Waals surface area contributed by atoms with Gasteiger partial charge in [-0.15, -0.1) is 0 Å². The van der Waals surface area contributed by atoms with Gasteiger partial charge in [-0.3, -0.25) is 4.79 Å². The first-order chi connectivity index (χ1) is 15.2. The molecule has 7 heteroatoms. The maximum absolute atomic E-state index is 12.5. The lowest BCUT2D eigenvalue weighted by Gasteiger charge is -2.25. The Hall–Kier alpha value is -3.77. The molecule has 1 aliphatic rings. The van der Waals surface area contributed by atoms with Crippen LogP contribution in [0.15, 0.2) is 82.3 Å². The van der Waals surface area contributed by atoms with Crippen LogP contribution in [0.1, 0.15) is 5.76 Å². The van der Waals surface area contributed by atoms with E-state index in [9.17, 15) is 4.79 Å². The van der Waals surface area contributed by atoms with Crippen LogP contribution >= 0.6 is 11.6 Å². The number of hydrazone groups is 1. The number of carbonyl (C=O) groups excluding carboxylic acids is 1. The van der Waals surface area contributed by atoms with E-state index >= 15 is 0 Å². The molecular formula is C24H17ClN2O4. The third-order valence-electron chi connectivity index (χ3n) is 4.90. The predicted molar refractivity (Wildman–Crippen MR) is 119 cm³/mol. The monoisotopic (exact) mass is 432 g/mol. The molecule has 5 rings (SSSR count). The number of furan rings is 1. The van der Waals surface area contributed by atoms with Gasteiger partial charge in [-0.1, -0.05) is 48.0 Å². The van der Waals surface area contributed by atoms with E-state index in [2.05, 4.69) is 10.5 Å². The zero-order chi connectivity index (χ0) is 21.2. The molecule has 6 nitrogen and oxygen atoms in total. The van der Waals surface area contributed by atoms with Crippen molar-refractivity contribution in [3.05, 3.63) is 83.6 Å². The number of rotatable bonds is 4. The highest BCUT2D eigenvalue weighted by atomic mass is 35.5. The highest BCUT2D eigenvalue weighted by Crippen LogP contribution is 2.36. The number of hydrogen-bond acceptors (Lipinski definition) is 5. The van der Waals surface area contributed by atoms with Crippen molar-refractivity contribution >= 4 is 34.5 Å². The summed E-state index contributed by atoms with van der Waals surface area (Å²) >= 11 is 6.19. The zero-order valence-electron chi connectivity index (χ0n) is 16.2. The fraction of sp³-hybridized carbons (Fsp3) is 0.0833. The average Bonchev–Trinajstić information content (AvgIpc) is 3.26. The topological polar surface area (TPSA) is 73.1 Å². The van der Waals surface area contributed by atoms with Crippen molar-refractivity contribution in [1.29, 1.82) is 0 Å². The Kier molecular flexibility index (Phi) is 5.06. The quantitative estimate of drug-likeness (QED) is 0.362. The maximum atomic E-state index is 12.5. The molecule has 2 heterocycles. The Morgan fingerprint density at radius 2 is 1.74 bits per heavy atom. The van der Waals surface area contributed by atoms with Gasteiger partial charge >= 0.3 is 0 Å². The lowest BCUT2D eigenvalue weighted by molar-refractivity contribution is -0.130. The van der Waals surface area contributed by atoms with Gasteiger partial charge in [-0.2, -0.15) is 5.10 Å². The van der Waals surface area contributed by atoms with Crippen molar-refractivity contribution < 1.29 is 18.7 Å². The number of nitrogens with zero attached hydrogens (tertiary/aromatic N) is 1. The molecule has 1 amide bonds. The summed E-state index contributed by atoms with van der Waals surface area (Å²) in [4.78, 5) is 12.5. The lowest BCUT2D eigenvalue weighted by atomic mass is 10.1. The lowest BCUT2D eigenvalue weighted by Crippen LogP contribution is -2.42. The molecule has 4 aromatic rings. The van der Waals surface area contributed by atoms with Crippen LogP contribution in [0.25, 0.3) is 22.1 Å². The molecular weight excluding hydrogens is 416 g/mol. The van der Waals surface area contributed by atoms with Crippen molar-refractivity contribution in [2.75, 3.05) is 6.61 Å². The molecule has 3 aromatic carbocycles. The van der Waals surface area contributed by atoms with Crippen molar-refractivity contribution in [3.63, 3.8) is 0 Å². The second-order valence-electron chi connectivity index (χ2n) is 6.98. The van der Waals surface area contributed by atoms with Gasteiger partial charge in [0.2, 0.25) is 6.10 Å². The number of fused-ring (bicyclic) bond motifs is 2. The number of hydrogen-bond donors (Lipinski definition) is 1. The van der Waals surface area contributed by atoms with Gasteiger partial charge in [0.05, 0.1) is 11.2 Å². The van der Waals surface area contributed by atoms with Gasteiger partial charge in [-0.05, 0) is 47.2 Å². The molecule has 1 aromatic heterocycles. The van der Waals surface area contributed by atoms with Gasteiger partial charge in [0, 0.05) is 5.56 Å². The molecule has 31 heavy (non-hydrogen) atoms. The molecule has 0 radical (unpaired) electrons. The largest absolute Gasteiger partial charge is 0.485 e. The van der Waals surface area contributed by atoms with Crippen LogP contribution in [-0.4, -0.2) is 24.8 Å². The molecule has 0 saturated carbocycles. The van der Waals surface area contributed by atoms with E-state index < -0.39 is 12.0 Å². The second kappa shape index (κ2) is 8.16. The number of ether oxygens (including phenoxy) is 2. The highest BCUT2D eigenvalue weighted by Gasteiger charge is 2.27. The number of carbonyl (C=O) groups is 1. The minimum absolute atomic E-state index is 0.101. The Morgan fingerprint density at radius 1 is 1.00 bits per heavy atom. The highest BCUT2D eigenvalue weighted by molar-refractivity contribution is 6.33. The Balaban J connectivity index is 1.24. The summed E-state index contributed by atoms with van der Waals surface area (Å²) < 4.78 is 17.3. The van der Waals surface area contributed by atoms with E-state index in [1.165, 1.54) is 6.21 Å². The molecule has 0 bridgehead atoms. The number of halogens is 1. The summed E-state index contributed by atoms with van der Waals surface area (Å²) in [7, 11) is 0. The molecule has 0 aliphatic carbocycles.